The number of unbranched alkanes of at least 4 members (excludes halogenated alkanes) is 1. The summed E-state index contributed by atoms with van der Waals surface area (Å²) in [6.07, 6.45) is 2.08. The smallest absolute Gasteiger partial charge is 0.231 e. The maximum Gasteiger partial charge on any atom is 0.231 e. The number of hydrogen-bond donors (Lipinski definition) is 2. The monoisotopic (exact) mass is 309 g/mol. The zero-order chi connectivity index (χ0) is 15.8. The molecule has 4 N–H and O–H groups in total. The SMILES string of the molecule is CCCCN(CC(N)=O)Cc1ccc(OC)c(C(N)=S)c1. The van der Waals surface area contributed by atoms with Crippen molar-refractivity contribution in [2.75, 3.05) is 20.2 Å². The van der Waals surface area contributed by atoms with E-state index in [0.717, 1.165) is 24.9 Å². The van der Waals surface area contributed by atoms with Crippen LogP contribution < -0.4 is 16.2 Å². The number of nitrogens with two attached hydrogens (primary N) is 2. The van der Waals surface area contributed by atoms with Crippen molar-refractivity contribution >= 4 is 23.1 Å². The molecule has 1 rings (SSSR count). The van der Waals surface area contributed by atoms with Gasteiger partial charge in [0, 0.05) is 6.54 Å². The van der Waals surface area contributed by atoms with E-state index in [0.29, 0.717) is 22.8 Å². The number of benzene rings is 1. The first-order valence-corrected chi connectivity index (χ1v) is 7.36. The lowest BCUT2D eigenvalue weighted by atomic mass is 10.1. The standard InChI is InChI=1S/C15H23N3O2S/c1-3-4-7-18(10-14(16)19)9-11-5-6-13(20-2)12(8-11)15(17)21/h5-6,8H,3-4,7,9-10H2,1-2H3,(H2,16,19)(H2,17,21). The van der Waals surface area contributed by atoms with Crippen LogP contribution in [0.2, 0.25) is 0 Å². The van der Waals surface area contributed by atoms with E-state index in [1.807, 2.05) is 23.1 Å². The molecule has 1 aromatic rings. The van der Waals surface area contributed by atoms with Gasteiger partial charge in [0.2, 0.25) is 5.91 Å². The topological polar surface area (TPSA) is 81.6 Å². The van der Waals surface area contributed by atoms with Gasteiger partial charge in [-0.15, -0.1) is 0 Å². The van der Waals surface area contributed by atoms with Crippen molar-refractivity contribution in [1.29, 1.82) is 0 Å². The fourth-order valence-corrected chi connectivity index (χ4v) is 2.28. The zero-order valence-corrected chi connectivity index (χ0v) is 13.4. The van der Waals surface area contributed by atoms with Crippen LogP contribution in [0.4, 0.5) is 0 Å². The second-order valence-corrected chi connectivity index (χ2v) is 5.37. The van der Waals surface area contributed by atoms with Gasteiger partial charge in [-0.1, -0.05) is 31.6 Å². The van der Waals surface area contributed by atoms with E-state index < -0.39 is 0 Å². The molecule has 0 heterocycles. The minimum atomic E-state index is -0.325. The Bertz CT molecular complexity index is 506. The number of carbonyl (C=O) groups is 1. The molecule has 0 spiro atoms. The third-order valence-corrected chi connectivity index (χ3v) is 3.36. The minimum Gasteiger partial charge on any atom is -0.496 e. The fraction of sp³-hybridized carbons (Fsp3) is 0.467. The number of methoxy groups -OCH3 is 1. The van der Waals surface area contributed by atoms with Gasteiger partial charge in [-0.25, -0.2) is 0 Å². The lowest BCUT2D eigenvalue weighted by Crippen LogP contribution is -2.34. The van der Waals surface area contributed by atoms with Crippen LogP contribution in [0.3, 0.4) is 0 Å². The normalized spacial score (nSPS) is 10.6. The number of ether oxygens (including phenoxy) is 1. The van der Waals surface area contributed by atoms with Gasteiger partial charge >= 0.3 is 0 Å². The quantitative estimate of drug-likeness (QED) is 0.674. The number of carbonyl (C=O) groups excluding carboxylic acids is 1. The maximum atomic E-state index is 11.2. The molecule has 1 aromatic carbocycles. The largest absolute Gasteiger partial charge is 0.496 e. The molecule has 0 bridgehead atoms. The van der Waals surface area contributed by atoms with Crippen LogP contribution >= 0.6 is 12.2 Å². The molecule has 6 heteroatoms. The summed E-state index contributed by atoms with van der Waals surface area (Å²) in [6, 6.07) is 5.69. The molecule has 0 atom stereocenters. The number of thiocarbonyl (C=S) groups is 1. The Hall–Kier alpha value is -1.66. The van der Waals surface area contributed by atoms with Gasteiger partial charge in [-0.3, -0.25) is 9.69 Å². The number of nitrogens with zero attached hydrogens (tertiary/aromatic N) is 1. The van der Waals surface area contributed by atoms with Crippen molar-refractivity contribution in [3.8, 4) is 5.75 Å². The Kier molecular flexibility index (Phi) is 7.11. The Balaban J connectivity index is 2.89. The Morgan fingerprint density at radius 3 is 2.62 bits per heavy atom. The van der Waals surface area contributed by atoms with Crippen LogP contribution in [0.25, 0.3) is 0 Å². The highest BCUT2D eigenvalue weighted by Crippen LogP contribution is 2.20. The van der Waals surface area contributed by atoms with E-state index in [1.54, 1.807) is 7.11 Å². The van der Waals surface area contributed by atoms with E-state index in [4.69, 9.17) is 28.4 Å². The number of rotatable bonds is 9. The molecule has 0 radical (unpaired) electrons. The average Bonchev–Trinajstić information content (AvgIpc) is 2.44. The third-order valence-electron chi connectivity index (χ3n) is 3.14. The predicted octanol–water partition coefficient (Wildman–Crippen LogP) is 1.42. The number of amides is 1. The molecule has 21 heavy (non-hydrogen) atoms. The highest BCUT2D eigenvalue weighted by molar-refractivity contribution is 7.80. The number of primary amides is 1. The van der Waals surface area contributed by atoms with Crippen LogP contribution in [0, 0.1) is 0 Å². The molecule has 1 amide bonds. The first-order valence-electron chi connectivity index (χ1n) is 6.95. The van der Waals surface area contributed by atoms with E-state index in [-0.39, 0.29) is 12.5 Å². The first-order chi connectivity index (χ1) is 9.97. The molecule has 0 fully saturated rings. The highest BCUT2D eigenvalue weighted by Gasteiger charge is 2.12. The summed E-state index contributed by atoms with van der Waals surface area (Å²) in [5.74, 6) is 0.329. The lowest BCUT2D eigenvalue weighted by Gasteiger charge is -2.21. The third kappa shape index (κ3) is 5.69. The molecular formula is C15H23N3O2S. The van der Waals surface area contributed by atoms with Gasteiger partial charge in [0.15, 0.2) is 0 Å². The first kappa shape index (κ1) is 17.4. The van der Waals surface area contributed by atoms with Gasteiger partial charge in [0.1, 0.15) is 10.7 Å². The molecule has 0 unspecified atom stereocenters. The number of hydrogen-bond acceptors (Lipinski definition) is 4. The van der Waals surface area contributed by atoms with Crippen molar-refractivity contribution in [2.24, 2.45) is 11.5 Å². The summed E-state index contributed by atoms with van der Waals surface area (Å²) >= 11 is 5.04. The van der Waals surface area contributed by atoms with Crippen LogP contribution in [0.1, 0.15) is 30.9 Å². The molecule has 0 aliphatic heterocycles. The average molecular weight is 309 g/mol. The molecule has 0 saturated carbocycles. The molecule has 0 saturated heterocycles. The molecule has 116 valence electrons. The minimum absolute atomic E-state index is 0.244. The summed E-state index contributed by atoms with van der Waals surface area (Å²) in [5.41, 5.74) is 12.7. The van der Waals surface area contributed by atoms with Crippen molar-refractivity contribution in [1.82, 2.24) is 4.90 Å². The Labute approximate surface area is 131 Å². The fourth-order valence-electron chi connectivity index (χ4n) is 2.12. The van der Waals surface area contributed by atoms with E-state index in [9.17, 15) is 4.79 Å². The summed E-state index contributed by atoms with van der Waals surface area (Å²) < 4.78 is 5.24. The maximum absolute atomic E-state index is 11.2. The molecule has 5 nitrogen and oxygen atoms in total. The zero-order valence-electron chi connectivity index (χ0n) is 12.6. The van der Waals surface area contributed by atoms with Gasteiger partial charge in [-0.05, 0) is 30.7 Å². The second kappa shape index (κ2) is 8.59. The van der Waals surface area contributed by atoms with Crippen LogP contribution in [0.5, 0.6) is 5.75 Å². The molecule has 0 aliphatic rings. The predicted molar refractivity (Wildman–Crippen MR) is 88.3 cm³/mol. The second-order valence-electron chi connectivity index (χ2n) is 4.93. The van der Waals surface area contributed by atoms with Gasteiger partial charge in [-0.2, -0.15) is 0 Å². The van der Waals surface area contributed by atoms with E-state index in [2.05, 4.69) is 6.92 Å². The van der Waals surface area contributed by atoms with Gasteiger partial charge < -0.3 is 16.2 Å². The summed E-state index contributed by atoms with van der Waals surface area (Å²) in [4.78, 5) is 13.5. The van der Waals surface area contributed by atoms with Crippen LogP contribution in [0.15, 0.2) is 18.2 Å². The van der Waals surface area contributed by atoms with E-state index >= 15 is 0 Å². The summed E-state index contributed by atoms with van der Waals surface area (Å²) in [5, 5.41) is 0. The van der Waals surface area contributed by atoms with Crippen molar-refractivity contribution in [3.05, 3.63) is 29.3 Å². The molecule has 0 aromatic heterocycles. The van der Waals surface area contributed by atoms with Crippen molar-refractivity contribution < 1.29 is 9.53 Å². The highest BCUT2D eigenvalue weighted by atomic mass is 32.1. The molecular weight excluding hydrogens is 286 g/mol. The Morgan fingerprint density at radius 1 is 1.38 bits per heavy atom. The van der Waals surface area contributed by atoms with Crippen LogP contribution in [-0.4, -0.2) is 36.0 Å². The summed E-state index contributed by atoms with van der Waals surface area (Å²) in [7, 11) is 1.58. The van der Waals surface area contributed by atoms with Crippen molar-refractivity contribution in [3.63, 3.8) is 0 Å². The van der Waals surface area contributed by atoms with Gasteiger partial charge in [0.05, 0.1) is 19.2 Å². The van der Waals surface area contributed by atoms with Crippen molar-refractivity contribution in [2.45, 2.75) is 26.3 Å². The summed E-state index contributed by atoms with van der Waals surface area (Å²) in [6.45, 7) is 3.81. The van der Waals surface area contributed by atoms with Crippen LogP contribution in [-0.2, 0) is 11.3 Å². The van der Waals surface area contributed by atoms with Gasteiger partial charge in [0.25, 0.3) is 0 Å². The Morgan fingerprint density at radius 2 is 2.10 bits per heavy atom. The molecule has 0 aliphatic carbocycles. The lowest BCUT2D eigenvalue weighted by molar-refractivity contribution is -0.119. The van der Waals surface area contributed by atoms with E-state index in [1.165, 1.54) is 0 Å².